The smallest absolute Gasteiger partial charge is 0.410 e. The van der Waals surface area contributed by atoms with Crippen LogP contribution in [0.15, 0.2) is 0 Å². The number of carbonyl (C=O) groups is 1. The van der Waals surface area contributed by atoms with Crippen molar-refractivity contribution in [3.8, 4) is 0 Å². The average Bonchev–Trinajstić information content (AvgIpc) is 2.25. The molecule has 0 unspecified atom stereocenters. The number of likely N-dealkylation sites (tertiary alicyclic amines) is 1. The monoisotopic (exact) mass is 256 g/mol. The van der Waals surface area contributed by atoms with Gasteiger partial charge in [0.25, 0.3) is 0 Å². The fourth-order valence-corrected chi connectivity index (χ4v) is 2.49. The second-order valence-electron chi connectivity index (χ2n) is 6.38. The van der Waals surface area contributed by atoms with Crippen LogP contribution < -0.4 is 5.32 Å². The highest BCUT2D eigenvalue weighted by Crippen LogP contribution is 2.27. The number of hydrogen-bond donors (Lipinski definition) is 1. The normalized spacial score (nSPS) is 32.9. The fraction of sp³-hybridized carbons (Fsp3) is 0.923. The average molecular weight is 256 g/mol. The van der Waals surface area contributed by atoms with Crippen LogP contribution in [0.5, 0.6) is 0 Å². The molecule has 2 heterocycles. The van der Waals surface area contributed by atoms with Crippen LogP contribution in [0.2, 0.25) is 0 Å². The number of piperidine rings is 1. The van der Waals surface area contributed by atoms with Gasteiger partial charge in [0, 0.05) is 18.6 Å². The van der Waals surface area contributed by atoms with Gasteiger partial charge in [-0.15, -0.1) is 0 Å². The van der Waals surface area contributed by atoms with Crippen LogP contribution in [0.25, 0.3) is 0 Å². The molecule has 0 aromatic rings. The minimum atomic E-state index is -0.441. The maximum atomic E-state index is 12.0. The molecule has 2 saturated heterocycles. The van der Waals surface area contributed by atoms with Crippen LogP contribution in [-0.4, -0.2) is 54.5 Å². The summed E-state index contributed by atoms with van der Waals surface area (Å²) in [6.45, 7) is 10.8. The van der Waals surface area contributed by atoms with E-state index >= 15 is 0 Å². The van der Waals surface area contributed by atoms with E-state index in [0.29, 0.717) is 13.2 Å². The molecule has 0 aliphatic carbocycles. The van der Waals surface area contributed by atoms with Crippen LogP contribution in [0.3, 0.4) is 0 Å². The third-order valence-electron chi connectivity index (χ3n) is 3.60. The lowest BCUT2D eigenvalue weighted by molar-refractivity contribution is -0.0867. The molecule has 0 radical (unpaired) electrons. The fourth-order valence-electron chi connectivity index (χ4n) is 2.49. The van der Waals surface area contributed by atoms with E-state index in [2.05, 4.69) is 12.2 Å². The molecule has 2 aliphatic heterocycles. The molecule has 0 aromatic heterocycles. The van der Waals surface area contributed by atoms with Gasteiger partial charge >= 0.3 is 6.09 Å². The second kappa shape index (κ2) is 4.70. The van der Waals surface area contributed by atoms with Crippen LogP contribution in [0.1, 0.15) is 34.1 Å². The standard InChI is InChI=1S/C13H24N2O3/c1-12(2,3)18-11(16)15-7-5-13(4)10(9-15)17-8-6-14-13/h10,14H,5-9H2,1-4H3/t10-,13+/m1/s1. The molecule has 1 amide bonds. The Hall–Kier alpha value is -0.810. The molecule has 2 rings (SSSR count). The van der Waals surface area contributed by atoms with Gasteiger partial charge in [0.05, 0.1) is 19.3 Å². The van der Waals surface area contributed by atoms with E-state index in [1.807, 2.05) is 20.8 Å². The summed E-state index contributed by atoms with van der Waals surface area (Å²) in [5.74, 6) is 0. The van der Waals surface area contributed by atoms with E-state index in [1.165, 1.54) is 0 Å². The summed E-state index contributed by atoms with van der Waals surface area (Å²) < 4.78 is 11.2. The van der Waals surface area contributed by atoms with E-state index in [4.69, 9.17) is 9.47 Å². The van der Waals surface area contributed by atoms with Gasteiger partial charge in [0.2, 0.25) is 0 Å². The Kier molecular flexibility index (Phi) is 3.56. The van der Waals surface area contributed by atoms with E-state index in [1.54, 1.807) is 4.90 Å². The number of amides is 1. The zero-order valence-electron chi connectivity index (χ0n) is 11.8. The van der Waals surface area contributed by atoms with Crippen LogP contribution in [-0.2, 0) is 9.47 Å². The second-order valence-corrected chi connectivity index (χ2v) is 6.38. The predicted octanol–water partition coefficient (Wildman–Crippen LogP) is 1.37. The SMILES string of the molecule is CC(C)(C)OC(=O)N1CC[C@]2(C)NCCO[C@@H]2C1. The lowest BCUT2D eigenvalue weighted by Crippen LogP contribution is -2.66. The molecule has 2 aliphatic rings. The van der Waals surface area contributed by atoms with Gasteiger partial charge in [-0.05, 0) is 34.1 Å². The minimum Gasteiger partial charge on any atom is -0.444 e. The summed E-state index contributed by atoms with van der Waals surface area (Å²) >= 11 is 0. The number of ether oxygens (including phenoxy) is 2. The van der Waals surface area contributed by atoms with Crippen molar-refractivity contribution in [2.24, 2.45) is 0 Å². The number of morpholine rings is 1. The molecule has 2 fully saturated rings. The Bertz CT molecular complexity index is 327. The molecule has 0 aromatic carbocycles. The molecule has 2 atom stereocenters. The molecule has 104 valence electrons. The van der Waals surface area contributed by atoms with Crippen LogP contribution in [0, 0.1) is 0 Å². The van der Waals surface area contributed by atoms with Crippen molar-refractivity contribution in [3.05, 3.63) is 0 Å². The third-order valence-corrected chi connectivity index (χ3v) is 3.60. The molecule has 5 heteroatoms. The molecule has 0 spiro atoms. The summed E-state index contributed by atoms with van der Waals surface area (Å²) in [4.78, 5) is 13.8. The van der Waals surface area contributed by atoms with Gasteiger partial charge in [0.15, 0.2) is 0 Å². The van der Waals surface area contributed by atoms with Crippen molar-refractivity contribution in [2.75, 3.05) is 26.2 Å². The van der Waals surface area contributed by atoms with E-state index < -0.39 is 5.60 Å². The van der Waals surface area contributed by atoms with E-state index in [0.717, 1.165) is 19.5 Å². The van der Waals surface area contributed by atoms with Crippen molar-refractivity contribution in [1.82, 2.24) is 10.2 Å². The van der Waals surface area contributed by atoms with Crippen molar-refractivity contribution in [2.45, 2.75) is 51.4 Å². The van der Waals surface area contributed by atoms with Gasteiger partial charge in [0.1, 0.15) is 5.60 Å². The number of nitrogens with one attached hydrogen (secondary N) is 1. The largest absolute Gasteiger partial charge is 0.444 e. The topological polar surface area (TPSA) is 50.8 Å². The quantitative estimate of drug-likeness (QED) is 0.711. The molecular weight excluding hydrogens is 232 g/mol. The summed E-state index contributed by atoms with van der Waals surface area (Å²) in [6, 6.07) is 0. The summed E-state index contributed by atoms with van der Waals surface area (Å²) in [5.41, 5.74) is -0.444. The first-order valence-electron chi connectivity index (χ1n) is 6.65. The van der Waals surface area contributed by atoms with Gasteiger partial charge in [-0.1, -0.05) is 0 Å². The zero-order valence-corrected chi connectivity index (χ0v) is 11.8. The Morgan fingerprint density at radius 1 is 1.50 bits per heavy atom. The van der Waals surface area contributed by atoms with Gasteiger partial charge in [-0.2, -0.15) is 0 Å². The molecule has 0 saturated carbocycles. The number of carbonyl (C=O) groups excluding carboxylic acids is 1. The summed E-state index contributed by atoms with van der Waals surface area (Å²) in [5, 5.41) is 3.50. The first-order valence-corrected chi connectivity index (χ1v) is 6.65. The minimum absolute atomic E-state index is 0.00321. The number of hydrogen-bond acceptors (Lipinski definition) is 4. The van der Waals surface area contributed by atoms with Crippen LogP contribution in [0.4, 0.5) is 4.79 Å². The lowest BCUT2D eigenvalue weighted by Gasteiger charge is -2.48. The zero-order chi connectivity index (χ0) is 13.4. The molecule has 0 bridgehead atoms. The molecular formula is C13H24N2O3. The Labute approximate surface area is 109 Å². The lowest BCUT2D eigenvalue weighted by atomic mass is 9.86. The Morgan fingerprint density at radius 2 is 2.22 bits per heavy atom. The molecule has 1 N–H and O–H groups in total. The highest BCUT2D eigenvalue weighted by molar-refractivity contribution is 5.68. The van der Waals surface area contributed by atoms with Gasteiger partial charge < -0.3 is 19.7 Å². The molecule has 5 nitrogen and oxygen atoms in total. The Morgan fingerprint density at radius 3 is 2.89 bits per heavy atom. The van der Waals surface area contributed by atoms with Crippen molar-refractivity contribution >= 4 is 6.09 Å². The summed E-state index contributed by atoms with van der Waals surface area (Å²) in [7, 11) is 0. The van der Waals surface area contributed by atoms with Gasteiger partial charge in [-0.3, -0.25) is 0 Å². The van der Waals surface area contributed by atoms with Crippen molar-refractivity contribution in [3.63, 3.8) is 0 Å². The first-order chi connectivity index (χ1) is 8.30. The van der Waals surface area contributed by atoms with Crippen LogP contribution >= 0.6 is 0 Å². The van der Waals surface area contributed by atoms with Crippen molar-refractivity contribution in [1.29, 1.82) is 0 Å². The first kappa shape index (κ1) is 13.6. The number of fused-ring (bicyclic) bond motifs is 1. The highest BCUT2D eigenvalue weighted by atomic mass is 16.6. The van der Waals surface area contributed by atoms with E-state index in [9.17, 15) is 4.79 Å². The highest BCUT2D eigenvalue weighted by Gasteiger charge is 2.43. The van der Waals surface area contributed by atoms with Crippen molar-refractivity contribution < 1.29 is 14.3 Å². The number of rotatable bonds is 0. The van der Waals surface area contributed by atoms with Gasteiger partial charge in [-0.25, -0.2) is 4.79 Å². The predicted molar refractivity (Wildman–Crippen MR) is 68.6 cm³/mol. The summed E-state index contributed by atoms with van der Waals surface area (Å²) in [6.07, 6.45) is 0.725. The third kappa shape index (κ3) is 2.95. The molecule has 18 heavy (non-hydrogen) atoms. The maximum absolute atomic E-state index is 12.0. The van der Waals surface area contributed by atoms with E-state index in [-0.39, 0.29) is 17.7 Å². The number of nitrogens with zero attached hydrogens (tertiary/aromatic N) is 1. The Balaban J connectivity index is 1.96. The maximum Gasteiger partial charge on any atom is 0.410 e.